The van der Waals surface area contributed by atoms with Crippen molar-refractivity contribution in [2.75, 3.05) is 18.9 Å². The number of aliphatic hydroxyl groups is 1. The van der Waals surface area contributed by atoms with Gasteiger partial charge in [0.05, 0.1) is 16.7 Å². The fourth-order valence-corrected chi connectivity index (χ4v) is 4.31. The van der Waals surface area contributed by atoms with Gasteiger partial charge in [-0.15, -0.1) is 0 Å². The Morgan fingerprint density at radius 1 is 1.23 bits per heavy atom. The lowest BCUT2D eigenvalue weighted by molar-refractivity contribution is -0.117. The summed E-state index contributed by atoms with van der Waals surface area (Å²) in [5, 5.41) is 15.0. The van der Waals surface area contributed by atoms with Gasteiger partial charge in [0.1, 0.15) is 0 Å². The molecule has 0 saturated carbocycles. The highest BCUT2D eigenvalue weighted by Crippen LogP contribution is 2.19. The van der Waals surface area contributed by atoms with Crippen molar-refractivity contribution in [3.63, 3.8) is 0 Å². The molecule has 0 unspecified atom stereocenters. The molecule has 1 aromatic heterocycles. The number of benzene rings is 1. The monoisotopic (exact) mass is 444 g/mol. The minimum Gasteiger partial charge on any atom is -0.396 e. The first-order chi connectivity index (χ1) is 15.1. The van der Waals surface area contributed by atoms with E-state index in [9.17, 15) is 14.4 Å². The minimum atomic E-state index is -0.522. The third-order valence-electron chi connectivity index (χ3n) is 5.07. The number of hydrogen-bond acceptors (Lipinski definition) is 6. The van der Waals surface area contributed by atoms with Crippen LogP contribution in [0.2, 0.25) is 0 Å². The zero-order valence-electron chi connectivity index (χ0n) is 17.4. The van der Waals surface area contributed by atoms with Crippen molar-refractivity contribution in [1.82, 2.24) is 20.2 Å². The molecule has 0 fully saturated rings. The molecule has 31 heavy (non-hydrogen) atoms. The van der Waals surface area contributed by atoms with Gasteiger partial charge < -0.3 is 10.4 Å². The fourth-order valence-electron chi connectivity index (χ4n) is 3.49. The Hall–Kier alpha value is -2.65. The van der Waals surface area contributed by atoms with Crippen LogP contribution in [0.5, 0.6) is 0 Å². The van der Waals surface area contributed by atoms with Crippen molar-refractivity contribution in [2.24, 2.45) is 0 Å². The van der Waals surface area contributed by atoms with E-state index in [4.69, 9.17) is 5.11 Å². The van der Waals surface area contributed by atoms with E-state index in [0.717, 1.165) is 31.0 Å². The Bertz CT molecular complexity index is 1020. The maximum absolute atomic E-state index is 12.8. The van der Waals surface area contributed by atoms with Gasteiger partial charge in [0.2, 0.25) is 5.91 Å². The molecule has 8 nitrogen and oxygen atoms in total. The summed E-state index contributed by atoms with van der Waals surface area (Å²) in [6.45, 7) is 0.736. The van der Waals surface area contributed by atoms with E-state index in [1.54, 1.807) is 24.3 Å². The van der Waals surface area contributed by atoms with Gasteiger partial charge in [0, 0.05) is 19.7 Å². The molecule has 0 atom stereocenters. The predicted molar refractivity (Wildman–Crippen MR) is 121 cm³/mol. The van der Waals surface area contributed by atoms with E-state index >= 15 is 0 Å². The average Bonchev–Trinajstić information content (AvgIpc) is 2.78. The molecule has 0 spiro atoms. The molecule has 1 heterocycles. The normalized spacial score (nSPS) is 13.6. The van der Waals surface area contributed by atoms with Gasteiger partial charge in [-0.2, -0.15) is 0 Å². The lowest BCUT2D eigenvalue weighted by Crippen LogP contribution is -2.40. The molecule has 166 valence electrons. The summed E-state index contributed by atoms with van der Waals surface area (Å²) in [4.78, 5) is 41.5. The SMILES string of the molecule is O=C(CSc1nc2ccccc2c(=O)n1CCCO)NC(=O)NCCC1=CCCCC1. The van der Waals surface area contributed by atoms with Gasteiger partial charge in [-0.3, -0.25) is 19.5 Å². The quantitative estimate of drug-likeness (QED) is 0.311. The molecular formula is C22H28N4O4S. The number of nitrogens with zero attached hydrogens (tertiary/aromatic N) is 2. The van der Waals surface area contributed by atoms with Crippen molar-refractivity contribution in [3.8, 4) is 0 Å². The lowest BCUT2D eigenvalue weighted by Gasteiger charge is -2.13. The van der Waals surface area contributed by atoms with E-state index in [2.05, 4.69) is 21.7 Å². The van der Waals surface area contributed by atoms with E-state index < -0.39 is 11.9 Å². The lowest BCUT2D eigenvalue weighted by atomic mass is 9.97. The van der Waals surface area contributed by atoms with Gasteiger partial charge in [-0.1, -0.05) is 35.5 Å². The molecule has 1 aliphatic carbocycles. The Balaban J connectivity index is 1.55. The Labute approximate surface area is 185 Å². The molecule has 1 aromatic carbocycles. The van der Waals surface area contributed by atoms with Crippen molar-refractivity contribution >= 4 is 34.6 Å². The number of imide groups is 1. The van der Waals surface area contributed by atoms with Gasteiger partial charge in [0.25, 0.3) is 5.56 Å². The number of carbonyl (C=O) groups is 2. The summed E-state index contributed by atoms with van der Waals surface area (Å²) >= 11 is 1.09. The number of rotatable bonds is 9. The predicted octanol–water partition coefficient (Wildman–Crippen LogP) is 2.59. The van der Waals surface area contributed by atoms with Crippen LogP contribution in [-0.2, 0) is 11.3 Å². The van der Waals surface area contributed by atoms with Gasteiger partial charge in [-0.25, -0.2) is 9.78 Å². The van der Waals surface area contributed by atoms with Gasteiger partial charge in [0.15, 0.2) is 5.16 Å². The second-order valence-corrected chi connectivity index (χ2v) is 8.34. The van der Waals surface area contributed by atoms with Crippen LogP contribution in [-0.4, -0.2) is 45.5 Å². The van der Waals surface area contributed by atoms with Crippen LogP contribution in [0.3, 0.4) is 0 Å². The highest BCUT2D eigenvalue weighted by atomic mass is 32.2. The Morgan fingerprint density at radius 2 is 2.06 bits per heavy atom. The highest BCUT2D eigenvalue weighted by Gasteiger charge is 2.14. The van der Waals surface area contributed by atoms with Crippen LogP contribution >= 0.6 is 11.8 Å². The van der Waals surface area contributed by atoms with Crippen molar-refractivity contribution < 1.29 is 14.7 Å². The molecule has 3 N–H and O–H groups in total. The molecular weight excluding hydrogens is 416 g/mol. The Kier molecular flexibility index (Phi) is 8.66. The molecule has 3 rings (SSSR count). The average molecular weight is 445 g/mol. The van der Waals surface area contributed by atoms with E-state index in [1.165, 1.54) is 23.0 Å². The third-order valence-corrected chi connectivity index (χ3v) is 6.04. The number of hydrogen-bond donors (Lipinski definition) is 3. The molecule has 1 aliphatic rings. The van der Waals surface area contributed by atoms with Gasteiger partial charge >= 0.3 is 6.03 Å². The maximum Gasteiger partial charge on any atom is 0.321 e. The minimum absolute atomic E-state index is 0.0531. The van der Waals surface area contributed by atoms with Crippen LogP contribution in [0.4, 0.5) is 4.79 Å². The fraction of sp³-hybridized carbons (Fsp3) is 0.455. The van der Waals surface area contributed by atoms with Crippen LogP contribution in [0.25, 0.3) is 10.9 Å². The smallest absolute Gasteiger partial charge is 0.321 e. The highest BCUT2D eigenvalue weighted by molar-refractivity contribution is 7.99. The summed E-state index contributed by atoms with van der Waals surface area (Å²) in [5.74, 6) is -0.516. The van der Waals surface area contributed by atoms with Crippen LogP contribution < -0.4 is 16.2 Å². The number of carbonyl (C=O) groups excluding carboxylic acids is 2. The van der Waals surface area contributed by atoms with E-state index in [0.29, 0.717) is 35.6 Å². The van der Waals surface area contributed by atoms with Crippen LogP contribution in [0, 0.1) is 0 Å². The molecule has 0 bridgehead atoms. The van der Waals surface area contributed by atoms with Crippen molar-refractivity contribution in [2.45, 2.75) is 50.2 Å². The number of aromatic nitrogens is 2. The summed E-state index contributed by atoms with van der Waals surface area (Å²) in [7, 11) is 0. The van der Waals surface area contributed by atoms with Crippen molar-refractivity contribution in [3.05, 3.63) is 46.3 Å². The molecule has 0 radical (unpaired) electrons. The number of aliphatic hydroxyl groups excluding tert-OH is 1. The molecule has 2 aromatic rings. The Morgan fingerprint density at radius 3 is 2.84 bits per heavy atom. The largest absolute Gasteiger partial charge is 0.396 e. The van der Waals surface area contributed by atoms with E-state index in [1.807, 2.05) is 0 Å². The number of nitrogens with one attached hydrogen (secondary N) is 2. The first-order valence-corrected chi connectivity index (χ1v) is 11.6. The molecule has 9 heteroatoms. The van der Waals surface area contributed by atoms with Gasteiger partial charge in [-0.05, 0) is 50.7 Å². The van der Waals surface area contributed by atoms with Crippen LogP contribution in [0.1, 0.15) is 38.5 Å². The molecule has 0 saturated heterocycles. The van der Waals surface area contributed by atoms with Crippen LogP contribution in [0.15, 0.2) is 45.9 Å². The standard InChI is InChI=1S/C22H28N4O4S/c27-14-6-13-26-20(29)17-9-4-5-10-18(17)24-22(26)31-15-19(28)25-21(30)23-12-11-16-7-2-1-3-8-16/h4-5,7,9-10,27H,1-3,6,8,11-15H2,(H2,23,25,28,30). The molecule has 0 aliphatic heterocycles. The summed E-state index contributed by atoms with van der Waals surface area (Å²) in [6, 6.07) is 6.49. The topological polar surface area (TPSA) is 113 Å². The summed E-state index contributed by atoms with van der Waals surface area (Å²) in [6.07, 6.45) is 8.03. The maximum atomic E-state index is 12.8. The summed E-state index contributed by atoms with van der Waals surface area (Å²) in [5.41, 5.74) is 1.69. The first kappa shape index (κ1) is 23.0. The zero-order chi connectivity index (χ0) is 22.1. The zero-order valence-corrected chi connectivity index (χ0v) is 18.2. The third kappa shape index (κ3) is 6.67. The number of para-hydroxylation sites is 1. The van der Waals surface area contributed by atoms with Crippen molar-refractivity contribution in [1.29, 1.82) is 0 Å². The number of thioether (sulfide) groups is 1. The molecule has 3 amide bonds. The second-order valence-electron chi connectivity index (χ2n) is 7.40. The number of allylic oxidation sites excluding steroid dienone is 1. The summed E-state index contributed by atoms with van der Waals surface area (Å²) < 4.78 is 1.47. The van der Waals surface area contributed by atoms with E-state index in [-0.39, 0.29) is 17.9 Å². The number of urea groups is 1. The number of amides is 3. The second kappa shape index (κ2) is 11.7. The first-order valence-electron chi connectivity index (χ1n) is 10.6. The number of fused-ring (bicyclic) bond motifs is 1.